The lowest BCUT2D eigenvalue weighted by Gasteiger charge is -2.46. The van der Waals surface area contributed by atoms with Gasteiger partial charge in [0.15, 0.2) is 5.82 Å². The summed E-state index contributed by atoms with van der Waals surface area (Å²) >= 11 is 0. The Hall–Kier alpha value is -2.38. The molecule has 4 aliphatic rings. The molecule has 1 aromatic heterocycles. The summed E-state index contributed by atoms with van der Waals surface area (Å²) < 4.78 is 0. The van der Waals surface area contributed by atoms with Gasteiger partial charge in [0.25, 0.3) is 0 Å². The zero-order valence-electron chi connectivity index (χ0n) is 15.9. The molecule has 2 saturated heterocycles. The van der Waals surface area contributed by atoms with Crippen LogP contribution in [0.4, 0.5) is 11.5 Å². The van der Waals surface area contributed by atoms with Crippen LogP contribution in [0.25, 0.3) is 11.3 Å². The number of aromatic hydroxyl groups is 1. The summed E-state index contributed by atoms with van der Waals surface area (Å²) in [6.07, 6.45) is 0. The van der Waals surface area contributed by atoms with E-state index in [1.165, 1.54) is 19.6 Å². The SMILES string of the molecule is Oc1ccccc1-c1cc2c(nn1)NC[C@H]1CN(C[C@@H]3[C@@H]4CNC[C@@H]43)CCN21. The third-order valence-electron chi connectivity index (χ3n) is 7.07. The number of piperidine rings is 1. The van der Waals surface area contributed by atoms with Crippen LogP contribution >= 0.6 is 0 Å². The molecule has 0 radical (unpaired) electrons. The van der Waals surface area contributed by atoms with Crippen LogP contribution in [-0.4, -0.2) is 72.1 Å². The van der Waals surface area contributed by atoms with E-state index in [0.29, 0.717) is 6.04 Å². The van der Waals surface area contributed by atoms with E-state index in [1.54, 1.807) is 6.07 Å². The van der Waals surface area contributed by atoms with Gasteiger partial charge in [0.05, 0.1) is 17.4 Å². The minimum atomic E-state index is 0.242. The van der Waals surface area contributed by atoms with E-state index >= 15 is 0 Å². The molecule has 1 saturated carbocycles. The lowest BCUT2D eigenvalue weighted by Crippen LogP contribution is -2.58. The van der Waals surface area contributed by atoms with Crippen molar-refractivity contribution in [3.63, 3.8) is 0 Å². The average Bonchev–Trinajstić information content (AvgIpc) is 3.13. The van der Waals surface area contributed by atoms with Crippen molar-refractivity contribution < 1.29 is 5.11 Å². The van der Waals surface area contributed by atoms with Gasteiger partial charge in [-0.1, -0.05) is 12.1 Å². The molecule has 0 unspecified atom stereocenters. The number of phenols is 1. The van der Waals surface area contributed by atoms with Gasteiger partial charge in [0, 0.05) is 38.3 Å². The second-order valence-corrected chi connectivity index (χ2v) is 8.62. The number of hydrogen-bond acceptors (Lipinski definition) is 7. The van der Waals surface area contributed by atoms with Crippen molar-refractivity contribution in [3.8, 4) is 17.0 Å². The summed E-state index contributed by atoms with van der Waals surface area (Å²) in [5.74, 6) is 3.87. The zero-order chi connectivity index (χ0) is 18.7. The van der Waals surface area contributed by atoms with Crippen molar-refractivity contribution in [2.75, 3.05) is 56.0 Å². The number of para-hydroxylation sites is 1. The molecule has 1 aliphatic carbocycles. The molecule has 3 aliphatic heterocycles. The highest BCUT2D eigenvalue weighted by Crippen LogP contribution is 2.49. The third kappa shape index (κ3) is 2.64. The molecule has 4 atom stereocenters. The number of benzene rings is 1. The molecule has 2 aromatic rings. The minimum Gasteiger partial charge on any atom is -0.507 e. The molecule has 1 aromatic carbocycles. The topological polar surface area (TPSA) is 76.5 Å². The minimum absolute atomic E-state index is 0.242. The Morgan fingerprint density at radius 2 is 1.93 bits per heavy atom. The van der Waals surface area contributed by atoms with Crippen molar-refractivity contribution in [3.05, 3.63) is 30.3 Å². The highest BCUT2D eigenvalue weighted by Gasteiger charge is 2.53. The highest BCUT2D eigenvalue weighted by molar-refractivity contribution is 5.76. The lowest BCUT2D eigenvalue weighted by atomic mass is 10.1. The first-order valence-corrected chi connectivity index (χ1v) is 10.4. The number of phenolic OH excluding ortho intramolecular Hbond substituents is 1. The molecular formula is C21H26N6O. The van der Waals surface area contributed by atoms with Crippen LogP contribution in [0, 0.1) is 17.8 Å². The van der Waals surface area contributed by atoms with Crippen molar-refractivity contribution in [1.82, 2.24) is 20.4 Å². The molecular weight excluding hydrogens is 352 g/mol. The maximum atomic E-state index is 10.2. The van der Waals surface area contributed by atoms with E-state index in [1.807, 2.05) is 18.2 Å². The lowest BCUT2D eigenvalue weighted by molar-refractivity contribution is 0.208. The largest absolute Gasteiger partial charge is 0.507 e. The second kappa shape index (κ2) is 6.32. The normalized spacial score (nSPS) is 30.9. The van der Waals surface area contributed by atoms with Crippen LogP contribution in [0.15, 0.2) is 30.3 Å². The quantitative estimate of drug-likeness (QED) is 0.742. The predicted octanol–water partition coefficient (Wildman–Crippen LogP) is 1.23. The Balaban J connectivity index is 1.21. The first-order chi connectivity index (χ1) is 13.8. The fraction of sp³-hybridized carbons (Fsp3) is 0.524. The van der Waals surface area contributed by atoms with Crippen LogP contribution < -0.4 is 15.5 Å². The van der Waals surface area contributed by atoms with E-state index < -0.39 is 0 Å². The number of hydrogen-bond donors (Lipinski definition) is 3. The predicted molar refractivity (Wildman–Crippen MR) is 109 cm³/mol. The van der Waals surface area contributed by atoms with Crippen LogP contribution in [-0.2, 0) is 0 Å². The van der Waals surface area contributed by atoms with Crippen molar-refractivity contribution in [1.29, 1.82) is 0 Å². The summed E-state index contributed by atoms with van der Waals surface area (Å²) in [5, 5.41) is 25.9. The summed E-state index contributed by atoms with van der Waals surface area (Å²) in [4.78, 5) is 5.14. The van der Waals surface area contributed by atoms with E-state index in [0.717, 1.165) is 66.7 Å². The number of fused-ring (bicyclic) bond motifs is 4. The van der Waals surface area contributed by atoms with E-state index in [2.05, 4.69) is 36.7 Å². The van der Waals surface area contributed by atoms with E-state index in [4.69, 9.17) is 0 Å². The fourth-order valence-electron chi connectivity index (χ4n) is 5.46. The first-order valence-electron chi connectivity index (χ1n) is 10.4. The van der Waals surface area contributed by atoms with Crippen LogP contribution in [0.1, 0.15) is 0 Å². The van der Waals surface area contributed by atoms with Gasteiger partial charge >= 0.3 is 0 Å². The Morgan fingerprint density at radius 1 is 1.07 bits per heavy atom. The summed E-state index contributed by atoms with van der Waals surface area (Å²) in [6.45, 7) is 7.84. The number of nitrogens with one attached hydrogen (secondary N) is 2. The first kappa shape index (κ1) is 16.6. The number of aromatic nitrogens is 2. The smallest absolute Gasteiger partial charge is 0.172 e. The van der Waals surface area contributed by atoms with Gasteiger partial charge in [-0.3, -0.25) is 4.90 Å². The van der Waals surface area contributed by atoms with Crippen molar-refractivity contribution in [2.45, 2.75) is 6.04 Å². The highest BCUT2D eigenvalue weighted by atomic mass is 16.3. The average molecular weight is 378 g/mol. The molecule has 0 spiro atoms. The van der Waals surface area contributed by atoms with E-state index in [9.17, 15) is 5.11 Å². The molecule has 0 amide bonds. The summed E-state index contributed by atoms with van der Waals surface area (Å²) in [5.41, 5.74) is 2.56. The maximum Gasteiger partial charge on any atom is 0.172 e. The molecule has 3 N–H and O–H groups in total. The number of rotatable bonds is 3. The fourth-order valence-corrected chi connectivity index (χ4v) is 5.46. The van der Waals surface area contributed by atoms with E-state index in [-0.39, 0.29) is 5.75 Å². The Labute approximate surface area is 164 Å². The molecule has 6 rings (SSSR count). The van der Waals surface area contributed by atoms with Crippen molar-refractivity contribution >= 4 is 11.5 Å². The second-order valence-electron chi connectivity index (χ2n) is 8.62. The molecule has 28 heavy (non-hydrogen) atoms. The summed E-state index contributed by atoms with van der Waals surface area (Å²) in [7, 11) is 0. The molecule has 146 valence electrons. The third-order valence-corrected chi connectivity index (χ3v) is 7.07. The zero-order valence-corrected chi connectivity index (χ0v) is 15.9. The Morgan fingerprint density at radius 3 is 2.79 bits per heavy atom. The standard InChI is InChI=1S/C21H26N6O/c28-20-4-2-1-3-14(20)18-7-19-21(25-24-18)23-8-13-11-26(5-6-27(13)19)12-17-15-9-22-10-16(15)17/h1-4,7,13,15-17,22,28H,5-6,8-12H2,(H,23,25)/t13-,15-,16+,17-/m0/s1. The molecule has 3 fully saturated rings. The van der Waals surface area contributed by atoms with Crippen LogP contribution in [0.2, 0.25) is 0 Å². The number of anilines is 2. The monoisotopic (exact) mass is 378 g/mol. The van der Waals surface area contributed by atoms with Gasteiger partial charge < -0.3 is 20.6 Å². The molecule has 0 bridgehead atoms. The number of piperazine rings is 1. The Bertz CT molecular complexity index is 894. The van der Waals surface area contributed by atoms with Crippen molar-refractivity contribution in [2.24, 2.45) is 17.8 Å². The molecule has 4 heterocycles. The molecule has 7 heteroatoms. The summed E-state index contributed by atoms with van der Waals surface area (Å²) in [6, 6.07) is 9.85. The maximum absolute atomic E-state index is 10.2. The molecule has 7 nitrogen and oxygen atoms in total. The van der Waals surface area contributed by atoms with Gasteiger partial charge in [-0.05, 0) is 49.0 Å². The van der Waals surface area contributed by atoms with Gasteiger partial charge in [-0.2, -0.15) is 0 Å². The Kier molecular flexibility index (Phi) is 3.74. The van der Waals surface area contributed by atoms with Gasteiger partial charge in [-0.15, -0.1) is 10.2 Å². The van der Waals surface area contributed by atoms with Gasteiger partial charge in [0.1, 0.15) is 5.75 Å². The number of nitrogens with zero attached hydrogens (tertiary/aromatic N) is 4. The van der Waals surface area contributed by atoms with Gasteiger partial charge in [-0.25, -0.2) is 0 Å². The van der Waals surface area contributed by atoms with Gasteiger partial charge in [0.2, 0.25) is 0 Å². The van der Waals surface area contributed by atoms with Crippen LogP contribution in [0.5, 0.6) is 5.75 Å². The van der Waals surface area contributed by atoms with Crippen LogP contribution in [0.3, 0.4) is 0 Å².